The highest BCUT2D eigenvalue weighted by atomic mass is 35.5. The molecule has 0 fully saturated rings. The molecule has 4 aromatic rings. The van der Waals surface area contributed by atoms with E-state index in [4.69, 9.17) is 32.7 Å². The van der Waals surface area contributed by atoms with Crippen molar-refractivity contribution in [2.75, 3.05) is 12.4 Å². The van der Waals surface area contributed by atoms with Gasteiger partial charge < -0.3 is 14.8 Å². The minimum atomic E-state index is -0.767. The van der Waals surface area contributed by atoms with Gasteiger partial charge in [0, 0.05) is 16.3 Å². The van der Waals surface area contributed by atoms with Crippen molar-refractivity contribution in [1.82, 2.24) is 10.2 Å². The summed E-state index contributed by atoms with van der Waals surface area (Å²) >= 11 is 14.0. The summed E-state index contributed by atoms with van der Waals surface area (Å²) in [5, 5.41) is 3.91. The topological polar surface area (TPSA) is 97.3 Å². The largest absolute Gasteiger partial charge is 0.490 e. The number of ether oxygens (including phenoxy) is 2. The highest BCUT2D eigenvalue weighted by molar-refractivity contribution is 8.14. The van der Waals surface area contributed by atoms with Crippen LogP contribution in [0, 0.1) is 0 Å². The number of hydrogen-bond donors (Lipinski definition) is 1. The van der Waals surface area contributed by atoms with Crippen molar-refractivity contribution in [1.29, 1.82) is 0 Å². The Morgan fingerprint density at radius 1 is 0.943 bits per heavy atom. The summed E-state index contributed by atoms with van der Waals surface area (Å²) in [6.07, 6.45) is 8.02. The Kier molecular flexibility index (Phi) is 13.9. The molecular formula is C42H37Cl2N3O5S. The van der Waals surface area contributed by atoms with E-state index in [-0.39, 0.29) is 34.0 Å². The van der Waals surface area contributed by atoms with E-state index in [1.54, 1.807) is 49.4 Å². The minimum Gasteiger partial charge on any atom is -0.490 e. The third-order valence-electron chi connectivity index (χ3n) is 7.89. The van der Waals surface area contributed by atoms with Gasteiger partial charge in [0.25, 0.3) is 11.8 Å². The van der Waals surface area contributed by atoms with Crippen LogP contribution >= 0.6 is 35.0 Å². The smallest absolute Gasteiger partial charge is 0.285 e. The highest BCUT2D eigenvalue weighted by Gasteiger charge is 2.35. The molecule has 8 nitrogen and oxygen atoms in total. The molecule has 0 spiro atoms. The molecule has 0 bridgehead atoms. The molecule has 0 aromatic heterocycles. The van der Waals surface area contributed by atoms with E-state index in [0.29, 0.717) is 34.4 Å². The number of nitrogens with zero attached hydrogens (tertiary/aromatic N) is 2. The average molecular weight is 767 g/mol. The number of allylic oxidation sites excluding steroid dienone is 4. The zero-order valence-electron chi connectivity index (χ0n) is 29.1. The molecule has 1 N–H and O–H groups in total. The van der Waals surface area contributed by atoms with Gasteiger partial charge in [0.2, 0.25) is 5.91 Å². The number of nitrogens with one attached hydrogen (secondary N) is 1. The van der Waals surface area contributed by atoms with Gasteiger partial charge in [-0.05, 0) is 60.9 Å². The maximum Gasteiger partial charge on any atom is 0.285 e. The molecule has 3 amide bonds. The van der Waals surface area contributed by atoms with Crippen LogP contribution in [0.3, 0.4) is 0 Å². The standard InChI is InChI=1S/C42H37Cl2N3O5S/c1-4-7-21-32(5-2)47-41(50)33(23-28-24-35(44)39(36(25-28)51-6-3)52-26-31-20-14-15-22-34(31)43)40(49)46-42(47)53-27-37(48)45-38(29-16-10-8-11-17-29)30-18-12-9-13-19-30/h4-5,7-25,38H,1,6,26-27H2,2-3H3,(H,45,48)/b21-7-,32-5+,33-23+. The summed E-state index contributed by atoms with van der Waals surface area (Å²) in [4.78, 5) is 46.8. The van der Waals surface area contributed by atoms with Crippen LogP contribution in [0.5, 0.6) is 11.5 Å². The first-order valence-electron chi connectivity index (χ1n) is 16.7. The van der Waals surface area contributed by atoms with Crippen LogP contribution in [0.4, 0.5) is 0 Å². The maximum atomic E-state index is 14.2. The Morgan fingerprint density at radius 2 is 1.60 bits per heavy atom. The Labute approximate surface area is 323 Å². The van der Waals surface area contributed by atoms with Gasteiger partial charge in [0.1, 0.15) is 12.2 Å². The van der Waals surface area contributed by atoms with Crippen molar-refractivity contribution in [2.45, 2.75) is 26.5 Å². The Hall–Kier alpha value is -5.35. The number of amidine groups is 1. The van der Waals surface area contributed by atoms with Gasteiger partial charge >= 0.3 is 0 Å². The fraction of sp³-hybridized carbons (Fsp3) is 0.143. The molecule has 1 heterocycles. The molecule has 0 radical (unpaired) electrons. The third-order valence-corrected chi connectivity index (χ3v) is 9.47. The summed E-state index contributed by atoms with van der Waals surface area (Å²) in [5.41, 5.74) is 3.23. The van der Waals surface area contributed by atoms with E-state index in [2.05, 4.69) is 16.9 Å². The molecule has 0 saturated carbocycles. The zero-order chi connectivity index (χ0) is 37.7. The third kappa shape index (κ3) is 9.96. The van der Waals surface area contributed by atoms with E-state index in [0.717, 1.165) is 28.5 Å². The average Bonchev–Trinajstić information content (AvgIpc) is 3.16. The quantitative estimate of drug-likeness (QED) is 0.0781. The van der Waals surface area contributed by atoms with Gasteiger partial charge in [-0.3, -0.25) is 19.3 Å². The van der Waals surface area contributed by atoms with Crippen LogP contribution in [-0.4, -0.2) is 40.1 Å². The van der Waals surface area contributed by atoms with E-state index in [1.807, 2.05) is 85.8 Å². The first-order chi connectivity index (χ1) is 25.7. The van der Waals surface area contributed by atoms with Crippen molar-refractivity contribution in [3.05, 3.63) is 172 Å². The number of carbonyl (C=O) groups excluding carboxylic acids is 3. The fourth-order valence-electron chi connectivity index (χ4n) is 5.40. The molecule has 0 saturated heterocycles. The summed E-state index contributed by atoms with van der Waals surface area (Å²) in [7, 11) is 0. The second kappa shape index (κ2) is 18.9. The van der Waals surface area contributed by atoms with Crippen LogP contribution < -0.4 is 14.8 Å². The number of benzene rings is 4. The van der Waals surface area contributed by atoms with Gasteiger partial charge in [-0.2, -0.15) is 4.99 Å². The van der Waals surface area contributed by atoms with Crippen molar-refractivity contribution in [2.24, 2.45) is 4.99 Å². The SMILES string of the molecule is C=C/C=C\C(=C/C)N1C(=O)/C(=C/c2cc(Cl)c(OCc3ccccc3Cl)c(OCC)c2)C(=O)N=C1SCC(=O)NC(c1ccccc1)c1ccccc1. The van der Waals surface area contributed by atoms with E-state index < -0.39 is 17.9 Å². The van der Waals surface area contributed by atoms with Gasteiger partial charge in [0.05, 0.1) is 23.4 Å². The van der Waals surface area contributed by atoms with Crippen molar-refractivity contribution < 1.29 is 23.9 Å². The zero-order valence-corrected chi connectivity index (χ0v) is 31.5. The summed E-state index contributed by atoms with van der Waals surface area (Å²) in [6, 6.07) is 29.3. The Morgan fingerprint density at radius 3 is 2.23 bits per heavy atom. The lowest BCUT2D eigenvalue weighted by Gasteiger charge is -2.28. The minimum absolute atomic E-state index is 0.0569. The number of halogens is 2. The number of hydrogen-bond acceptors (Lipinski definition) is 6. The Bertz CT molecular complexity index is 2060. The lowest BCUT2D eigenvalue weighted by Crippen LogP contribution is -2.42. The Balaban J connectivity index is 1.43. The maximum absolute atomic E-state index is 14.2. The lowest BCUT2D eigenvalue weighted by atomic mass is 9.99. The molecule has 0 aliphatic carbocycles. The summed E-state index contributed by atoms with van der Waals surface area (Å²) in [5.74, 6) is -1.21. The van der Waals surface area contributed by atoms with Crippen molar-refractivity contribution in [3.8, 4) is 11.5 Å². The van der Waals surface area contributed by atoms with Crippen molar-refractivity contribution >= 4 is 63.9 Å². The van der Waals surface area contributed by atoms with Crippen LogP contribution in [0.15, 0.2) is 144 Å². The van der Waals surface area contributed by atoms with Crippen LogP contribution in [0.1, 0.15) is 42.1 Å². The molecule has 11 heteroatoms. The number of thioether (sulfide) groups is 1. The molecule has 0 atom stereocenters. The van der Waals surface area contributed by atoms with Gasteiger partial charge in [-0.15, -0.1) is 0 Å². The van der Waals surface area contributed by atoms with Gasteiger partial charge in [0.15, 0.2) is 16.7 Å². The van der Waals surface area contributed by atoms with Gasteiger partial charge in [-0.25, -0.2) is 0 Å². The summed E-state index contributed by atoms with van der Waals surface area (Å²) < 4.78 is 11.9. The molecule has 4 aromatic carbocycles. The first kappa shape index (κ1) is 38.9. The monoisotopic (exact) mass is 765 g/mol. The molecular weight excluding hydrogens is 729 g/mol. The highest BCUT2D eigenvalue weighted by Crippen LogP contribution is 2.39. The van der Waals surface area contributed by atoms with E-state index >= 15 is 0 Å². The van der Waals surface area contributed by atoms with Crippen LogP contribution in [-0.2, 0) is 21.0 Å². The first-order valence-corrected chi connectivity index (χ1v) is 18.5. The van der Waals surface area contributed by atoms with Crippen LogP contribution in [0.2, 0.25) is 10.0 Å². The number of amides is 3. The molecule has 270 valence electrons. The van der Waals surface area contributed by atoms with Gasteiger partial charge in [-0.1, -0.05) is 139 Å². The molecule has 1 aliphatic heterocycles. The normalized spacial score (nSPS) is 14.1. The van der Waals surface area contributed by atoms with Crippen LogP contribution in [0.25, 0.3) is 6.08 Å². The molecule has 5 rings (SSSR count). The fourth-order valence-corrected chi connectivity index (χ4v) is 6.67. The summed E-state index contributed by atoms with van der Waals surface area (Å²) in [6.45, 7) is 7.75. The van der Waals surface area contributed by atoms with Crippen molar-refractivity contribution in [3.63, 3.8) is 0 Å². The second-order valence-electron chi connectivity index (χ2n) is 11.5. The molecule has 53 heavy (non-hydrogen) atoms. The number of carbonyl (C=O) groups is 3. The molecule has 1 aliphatic rings. The lowest BCUT2D eigenvalue weighted by molar-refractivity contribution is -0.126. The predicted octanol–water partition coefficient (Wildman–Crippen LogP) is 9.36. The predicted molar refractivity (Wildman–Crippen MR) is 214 cm³/mol. The molecule has 0 unspecified atom stereocenters. The number of aliphatic imine (C=N–C) groups is 1. The van der Waals surface area contributed by atoms with E-state index in [9.17, 15) is 14.4 Å². The van der Waals surface area contributed by atoms with E-state index in [1.165, 1.54) is 11.0 Å². The second-order valence-corrected chi connectivity index (χ2v) is 13.2. The number of rotatable bonds is 14.